The third kappa shape index (κ3) is 5.98. The van der Waals surface area contributed by atoms with E-state index in [1.165, 1.54) is 0 Å². The summed E-state index contributed by atoms with van der Waals surface area (Å²) in [6.07, 6.45) is 3.54. The molecule has 0 N–H and O–H groups in total. The van der Waals surface area contributed by atoms with E-state index < -0.39 is 8.32 Å². The highest BCUT2D eigenvalue weighted by atomic mass is 28.4. The van der Waals surface area contributed by atoms with Gasteiger partial charge in [-0.15, -0.1) is 0 Å². The van der Waals surface area contributed by atoms with E-state index in [2.05, 4.69) is 40.8 Å². The number of ether oxygens (including phenoxy) is 3. The van der Waals surface area contributed by atoms with E-state index in [1.807, 2.05) is 0 Å². The Morgan fingerprint density at radius 2 is 1.86 bits per heavy atom. The second-order valence-electron chi connectivity index (χ2n) is 7.57. The van der Waals surface area contributed by atoms with Gasteiger partial charge in [-0.3, -0.25) is 0 Å². The smallest absolute Gasteiger partial charge is 0.191 e. The summed E-state index contributed by atoms with van der Waals surface area (Å²) in [6, 6.07) is 0. The highest BCUT2D eigenvalue weighted by Crippen LogP contribution is 2.36. The van der Waals surface area contributed by atoms with Crippen LogP contribution < -0.4 is 0 Å². The van der Waals surface area contributed by atoms with Crippen molar-refractivity contribution in [2.45, 2.75) is 83.4 Å². The molecule has 5 heteroatoms. The summed E-state index contributed by atoms with van der Waals surface area (Å²) in [7, 11) is -0.0202. The third-order valence-corrected chi connectivity index (χ3v) is 9.29. The molecule has 1 fully saturated rings. The lowest BCUT2D eigenvalue weighted by atomic mass is 9.99. The maximum atomic E-state index is 6.26. The van der Waals surface area contributed by atoms with E-state index in [1.54, 1.807) is 7.11 Å². The molecule has 0 aromatic carbocycles. The van der Waals surface area contributed by atoms with Gasteiger partial charge in [0.2, 0.25) is 0 Å². The molecule has 0 aromatic heterocycles. The first-order valence-corrected chi connectivity index (χ1v) is 11.0. The van der Waals surface area contributed by atoms with Crippen LogP contribution in [-0.2, 0) is 18.6 Å². The summed E-state index contributed by atoms with van der Waals surface area (Å²) in [5, 5.41) is 0.250. The maximum absolute atomic E-state index is 6.26. The SMILES string of the molecule is COCO[C@H]1CC[C@@H](C)O[C@@H]1CCO[Si](C)(C)C(C)(C)C. The van der Waals surface area contributed by atoms with Gasteiger partial charge in [0, 0.05) is 13.7 Å². The molecular formula is C16H34O4Si. The van der Waals surface area contributed by atoms with Crippen molar-refractivity contribution in [2.24, 2.45) is 0 Å². The quantitative estimate of drug-likeness (QED) is 0.526. The van der Waals surface area contributed by atoms with Crippen molar-refractivity contribution in [3.05, 3.63) is 0 Å². The average molecular weight is 319 g/mol. The third-order valence-electron chi connectivity index (χ3n) is 4.75. The Balaban J connectivity index is 2.46. The van der Waals surface area contributed by atoms with Crippen molar-refractivity contribution in [1.29, 1.82) is 0 Å². The molecule has 0 amide bonds. The molecule has 0 bridgehead atoms. The Kier molecular flexibility index (Phi) is 7.33. The van der Waals surface area contributed by atoms with Crippen LogP contribution in [0.1, 0.15) is 47.0 Å². The van der Waals surface area contributed by atoms with Gasteiger partial charge in [0.15, 0.2) is 8.32 Å². The molecule has 0 unspecified atom stereocenters. The molecule has 3 atom stereocenters. The molecule has 1 aliphatic heterocycles. The van der Waals surface area contributed by atoms with Crippen molar-refractivity contribution < 1.29 is 18.6 Å². The predicted octanol–water partition coefficient (Wildman–Crippen LogP) is 3.95. The van der Waals surface area contributed by atoms with E-state index in [4.69, 9.17) is 18.6 Å². The zero-order valence-corrected chi connectivity index (χ0v) is 15.9. The number of hydrogen-bond donors (Lipinski definition) is 0. The molecule has 21 heavy (non-hydrogen) atoms. The standard InChI is InChI=1S/C16H34O4Si/c1-13-8-9-14(18-12-17-5)15(20-13)10-11-19-21(6,7)16(2,3)4/h13-15H,8-12H2,1-7H3/t13-,14+,15-/m1/s1. The molecular weight excluding hydrogens is 284 g/mol. The first kappa shape index (κ1) is 19.1. The van der Waals surface area contributed by atoms with Gasteiger partial charge in [-0.1, -0.05) is 20.8 Å². The minimum Gasteiger partial charge on any atom is -0.417 e. The van der Waals surface area contributed by atoms with Gasteiger partial charge in [0.1, 0.15) is 6.79 Å². The molecule has 1 rings (SSSR count). The molecule has 0 aromatic rings. The lowest BCUT2D eigenvalue weighted by Gasteiger charge is -2.38. The molecule has 1 saturated heterocycles. The zero-order chi connectivity index (χ0) is 16.1. The predicted molar refractivity (Wildman–Crippen MR) is 88.1 cm³/mol. The van der Waals surface area contributed by atoms with E-state index in [9.17, 15) is 0 Å². The van der Waals surface area contributed by atoms with Gasteiger partial charge in [-0.05, 0) is 44.3 Å². The van der Waals surface area contributed by atoms with Crippen molar-refractivity contribution in [3.8, 4) is 0 Å². The van der Waals surface area contributed by atoms with Gasteiger partial charge < -0.3 is 18.6 Å². The summed E-state index contributed by atoms with van der Waals surface area (Å²) < 4.78 is 23.1. The lowest BCUT2D eigenvalue weighted by Crippen LogP contribution is -2.44. The Bertz CT molecular complexity index is 299. The zero-order valence-electron chi connectivity index (χ0n) is 14.9. The van der Waals surface area contributed by atoms with Crippen molar-refractivity contribution >= 4 is 8.32 Å². The Hall–Kier alpha value is 0.0569. The van der Waals surface area contributed by atoms with Crippen LogP contribution in [0.4, 0.5) is 0 Å². The Morgan fingerprint density at radius 3 is 2.43 bits per heavy atom. The second kappa shape index (κ2) is 8.06. The number of methoxy groups -OCH3 is 1. The first-order chi connectivity index (χ1) is 9.67. The topological polar surface area (TPSA) is 36.9 Å². The van der Waals surface area contributed by atoms with Crippen LogP contribution in [-0.4, -0.2) is 47.1 Å². The normalized spacial score (nSPS) is 27.9. The van der Waals surface area contributed by atoms with Crippen molar-refractivity contribution in [2.75, 3.05) is 20.5 Å². The highest BCUT2D eigenvalue weighted by molar-refractivity contribution is 6.74. The minimum absolute atomic E-state index is 0.119. The average Bonchev–Trinajstić information content (AvgIpc) is 2.36. The van der Waals surface area contributed by atoms with E-state index >= 15 is 0 Å². The van der Waals surface area contributed by atoms with Crippen LogP contribution in [0, 0.1) is 0 Å². The fraction of sp³-hybridized carbons (Fsp3) is 1.00. The summed E-state index contributed by atoms with van der Waals surface area (Å²) in [6.45, 7) is 14.6. The fourth-order valence-electron chi connectivity index (χ4n) is 2.29. The van der Waals surface area contributed by atoms with Crippen LogP contribution in [0.15, 0.2) is 0 Å². The van der Waals surface area contributed by atoms with Crippen LogP contribution in [0.3, 0.4) is 0 Å². The van der Waals surface area contributed by atoms with Crippen LogP contribution in [0.2, 0.25) is 18.1 Å². The molecule has 4 nitrogen and oxygen atoms in total. The van der Waals surface area contributed by atoms with Crippen LogP contribution >= 0.6 is 0 Å². The number of hydrogen-bond acceptors (Lipinski definition) is 4. The summed E-state index contributed by atoms with van der Waals surface area (Å²) in [5.41, 5.74) is 0. The van der Waals surface area contributed by atoms with Crippen molar-refractivity contribution in [3.63, 3.8) is 0 Å². The summed E-state index contributed by atoms with van der Waals surface area (Å²) in [4.78, 5) is 0. The Labute approximate surface area is 131 Å². The van der Waals surface area contributed by atoms with Crippen LogP contribution in [0.5, 0.6) is 0 Å². The minimum atomic E-state index is -1.67. The monoisotopic (exact) mass is 318 g/mol. The summed E-state index contributed by atoms with van der Waals surface area (Å²) in [5.74, 6) is 0. The molecule has 0 saturated carbocycles. The van der Waals surface area contributed by atoms with Gasteiger partial charge >= 0.3 is 0 Å². The summed E-state index contributed by atoms with van der Waals surface area (Å²) >= 11 is 0. The largest absolute Gasteiger partial charge is 0.417 e. The molecule has 0 aliphatic carbocycles. The van der Waals surface area contributed by atoms with E-state index in [-0.39, 0.29) is 17.2 Å². The lowest BCUT2D eigenvalue weighted by molar-refractivity contribution is -0.171. The van der Waals surface area contributed by atoms with Crippen LogP contribution in [0.25, 0.3) is 0 Å². The molecule has 0 radical (unpaired) electrons. The van der Waals surface area contributed by atoms with Crippen molar-refractivity contribution in [1.82, 2.24) is 0 Å². The fourth-order valence-corrected chi connectivity index (χ4v) is 3.35. The van der Waals surface area contributed by atoms with Gasteiger partial charge in [-0.2, -0.15) is 0 Å². The van der Waals surface area contributed by atoms with Gasteiger partial charge in [0.25, 0.3) is 0 Å². The van der Waals surface area contributed by atoms with E-state index in [0.717, 1.165) is 25.9 Å². The molecule has 126 valence electrons. The molecule has 0 spiro atoms. The maximum Gasteiger partial charge on any atom is 0.191 e. The molecule has 1 heterocycles. The van der Waals surface area contributed by atoms with Gasteiger partial charge in [-0.25, -0.2) is 0 Å². The highest BCUT2D eigenvalue weighted by Gasteiger charge is 2.37. The Morgan fingerprint density at radius 1 is 1.19 bits per heavy atom. The first-order valence-electron chi connectivity index (χ1n) is 8.07. The second-order valence-corrected chi connectivity index (χ2v) is 12.4. The number of rotatable bonds is 7. The van der Waals surface area contributed by atoms with E-state index in [0.29, 0.717) is 12.9 Å². The molecule has 1 aliphatic rings. The van der Waals surface area contributed by atoms with Gasteiger partial charge in [0.05, 0.1) is 18.3 Å².